The standard InChI is InChI=1S/C14H14BrN3O3/c1-9-2-5-14(11(15)6-9)21-8-10-3-4-12(17-16)13(7-10)18(19)20/h2-7,17H,8,16H2,1H3. The van der Waals surface area contributed by atoms with E-state index in [0.717, 1.165) is 10.0 Å². The summed E-state index contributed by atoms with van der Waals surface area (Å²) in [5.74, 6) is 5.93. The molecule has 0 aliphatic heterocycles. The van der Waals surface area contributed by atoms with Crippen molar-refractivity contribution in [3.05, 3.63) is 62.1 Å². The molecule has 2 rings (SSSR count). The van der Waals surface area contributed by atoms with Crippen LogP contribution in [-0.2, 0) is 6.61 Å². The van der Waals surface area contributed by atoms with Crippen molar-refractivity contribution in [2.75, 3.05) is 5.43 Å². The van der Waals surface area contributed by atoms with Gasteiger partial charge in [0.2, 0.25) is 0 Å². The molecule has 0 atom stereocenters. The number of benzene rings is 2. The van der Waals surface area contributed by atoms with Gasteiger partial charge in [0.25, 0.3) is 5.69 Å². The summed E-state index contributed by atoms with van der Waals surface area (Å²) in [5, 5.41) is 11.0. The van der Waals surface area contributed by atoms with Crippen molar-refractivity contribution in [3.8, 4) is 5.75 Å². The molecule has 110 valence electrons. The lowest BCUT2D eigenvalue weighted by Crippen LogP contribution is -2.09. The van der Waals surface area contributed by atoms with Gasteiger partial charge in [-0.1, -0.05) is 12.1 Å². The first-order chi connectivity index (χ1) is 10.0. The molecular weight excluding hydrogens is 338 g/mol. The molecule has 0 amide bonds. The van der Waals surface area contributed by atoms with E-state index in [1.165, 1.54) is 6.07 Å². The first-order valence-electron chi connectivity index (χ1n) is 6.14. The first-order valence-corrected chi connectivity index (χ1v) is 6.93. The van der Waals surface area contributed by atoms with E-state index in [9.17, 15) is 10.1 Å². The molecule has 2 aromatic carbocycles. The number of nitrogens with zero attached hydrogens (tertiary/aromatic N) is 1. The van der Waals surface area contributed by atoms with Gasteiger partial charge in [-0.05, 0) is 52.2 Å². The number of nitrogens with two attached hydrogens (primary N) is 1. The van der Waals surface area contributed by atoms with E-state index in [0.29, 0.717) is 11.3 Å². The number of hydrazine groups is 1. The number of hydrogen-bond acceptors (Lipinski definition) is 5. The molecule has 0 bridgehead atoms. The van der Waals surface area contributed by atoms with Crippen LogP contribution >= 0.6 is 15.9 Å². The molecule has 0 unspecified atom stereocenters. The third-order valence-corrected chi connectivity index (χ3v) is 3.52. The van der Waals surface area contributed by atoms with E-state index in [1.807, 2.05) is 25.1 Å². The molecule has 21 heavy (non-hydrogen) atoms. The van der Waals surface area contributed by atoms with E-state index in [1.54, 1.807) is 12.1 Å². The Morgan fingerprint density at radius 3 is 2.71 bits per heavy atom. The molecule has 3 N–H and O–H groups in total. The Kier molecular flexibility index (Phi) is 4.77. The Labute approximate surface area is 130 Å². The van der Waals surface area contributed by atoms with Gasteiger partial charge >= 0.3 is 0 Å². The number of aryl methyl sites for hydroxylation is 1. The largest absolute Gasteiger partial charge is 0.488 e. The molecule has 2 aromatic rings. The minimum absolute atomic E-state index is 0.0819. The van der Waals surface area contributed by atoms with Gasteiger partial charge in [-0.2, -0.15) is 0 Å². The number of nitro benzene ring substituents is 1. The highest BCUT2D eigenvalue weighted by atomic mass is 79.9. The predicted molar refractivity (Wildman–Crippen MR) is 84.1 cm³/mol. The van der Waals surface area contributed by atoms with E-state index in [4.69, 9.17) is 10.6 Å². The maximum Gasteiger partial charge on any atom is 0.294 e. The molecule has 0 aliphatic carbocycles. The second kappa shape index (κ2) is 6.55. The maximum absolute atomic E-state index is 11.0. The van der Waals surface area contributed by atoms with E-state index < -0.39 is 4.92 Å². The normalized spacial score (nSPS) is 10.2. The topological polar surface area (TPSA) is 90.4 Å². The van der Waals surface area contributed by atoms with Crippen molar-refractivity contribution < 1.29 is 9.66 Å². The molecule has 7 heteroatoms. The van der Waals surface area contributed by atoms with Crippen molar-refractivity contribution in [2.24, 2.45) is 5.84 Å². The van der Waals surface area contributed by atoms with Crippen LogP contribution < -0.4 is 16.0 Å². The van der Waals surface area contributed by atoms with Crippen molar-refractivity contribution in [2.45, 2.75) is 13.5 Å². The van der Waals surface area contributed by atoms with Gasteiger partial charge < -0.3 is 10.2 Å². The molecule has 0 saturated carbocycles. The van der Waals surface area contributed by atoms with Gasteiger partial charge in [-0.25, -0.2) is 0 Å². The van der Waals surface area contributed by atoms with Crippen molar-refractivity contribution in [3.63, 3.8) is 0 Å². The summed E-state index contributed by atoms with van der Waals surface area (Å²) in [7, 11) is 0. The second-order valence-electron chi connectivity index (χ2n) is 4.48. The maximum atomic E-state index is 11.0. The highest BCUT2D eigenvalue weighted by Gasteiger charge is 2.14. The molecule has 0 saturated heterocycles. The van der Waals surface area contributed by atoms with Gasteiger partial charge in [0, 0.05) is 6.07 Å². The Morgan fingerprint density at radius 2 is 2.10 bits per heavy atom. The third-order valence-electron chi connectivity index (χ3n) is 2.90. The van der Waals surface area contributed by atoms with Gasteiger partial charge in [0.15, 0.2) is 0 Å². The number of rotatable bonds is 5. The SMILES string of the molecule is Cc1ccc(OCc2ccc(NN)c([N+](=O)[O-])c2)c(Br)c1. The number of nitrogens with one attached hydrogen (secondary N) is 1. The third kappa shape index (κ3) is 3.71. The van der Waals surface area contributed by atoms with Crippen LogP contribution in [0.2, 0.25) is 0 Å². The quantitative estimate of drug-likeness (QED) is 0.488. The number of nitro groups is 1. The lowest BCUT2D eigenvalue weighted by molar-refractivity contribution is -0.384. The summed E-state index contributed by atoms with van der Waals surface area (Å²) in [4.78, 5) is 10.5. The molecule has 6 nitrogen and oxygen atoms in total. The van der Waals surface area contributed by atoms with Crippen molar-refractivity contribution in [1.29, 1.82) is 0 Å². The van der Waals surface area contributed by atoms with E-state index >= 15 is 0 Å². The number of nitrogen functional groups attached to an aromatic ring is 1. The summed E-state index contributed by atoms with van der Waals surface area (Å²) in [6, 6.07) is 10.5. The Bertz CT molecular complexity index is 677. The number of ether oxygens (including phenoxy) is 1. The predicted octanol–water partition coefficient (Wildman–Crippen LogP) is 3.53. The molecule has 0 fully saturated rings. The summed E-state index contributed by atoms with van der Waals surface area (Å²) >= 11 is 3.42. The van der Waals surface area contributed by atoms with Crippen LogP contribution in [0.3, 0.4) is 0 Å². The highest BCUT2D eigenvalue weighted by molar-refractivity contribution is 9.10. The number of hydrogen-bond donors (Lipinski definition) is 2. The summed E-state index contributed by atoms with van der Waals surface area (Å²) in [5.41, 5.74) is 4.29. The Balaban J connectivity index is 2.16. The van der Waals surface area contributed by atoms with Crippen molar-refractivity contribution in [1.82, 2.24) is 0 Å². The van der Waals surface area contributed by atoms with Crippen LogP contribution in [0.15, 0.2) is 40.9 Å². The molecular formula is C14H14BrN3O3. The zero-order valence-electron chi connectivity index (χ0n) is 11.3. The first kappa shape index (κ1) is 15.3. The minimum atomic E-state index is -0.486. The average molecular weight is 352 g/mol. The summed E-state index contributed by atoms with van der Waals surface area (Å²) in [6.45, 7) is 2.21. The Morgan fingerprint density at radius 1 is 1.33 bits per heavy atom. The molecule has 0 heterocycles. The lowest BCUT2D eigenvalue weighted by Gasteiger charge is -2.10. The zero-order valence-corrected chi connectivity index (χ0v) is 12.9. The Hall–Kier alpha value is -2.12. The molecule has 0 aromatic heterocycles. The van der Waals surface area contributed by atoms with Crippen LogP contribution in [0, 0.1) is 17.0 Å². The average Bonchev–Trinajstić information content (AvgIpc) is 2.46. The van der Waals surface area contributed by atoms with Crippen LogP contribution in [0.1, 0.15) is 11.1 Å². The summed E-state index contributed by atoms with van der Waals surface area (Å²) in [6.07, 6.45) is 0. The lowest BCUT2D eigenvalue weighted by atomic mass is 10.2. The number of halogens is 1. The fourth-order valence-electron chi connectivity index (χ4n) is 1.82. The highest BCUT2D eigenvalue weighted by Crippen LogP contribution is 2.28. The van der Waals surface area contributed by atoms with Crippen LogP contribution in [-0.4, -0.2) is 4.92 Å². The van der Waals surface area contributed by atoms with Crippen LogP contribution in [0.5, 0.6) is 5.75 Å². The van der Waals surface area contributed by atoms with Crippen LogP contribution in [0.25, 0.3) is 0 Å². The monoisotopic (exact) mass is 351 g/mol. The zero-order chi connectivity index (χ0) is 15.4. The smallest absolute Gasteiger partial charge is 0.294 e. The molecule has 0 aliphatic rings. The van der Waals surface area contributed by atoms with E-state index in [-0.39, 0.29) is 18.0 Å². The summed E-state index contributed by atoms with van der Waals surface area (Å²) < 4.78 is 6.51. The van der Waals surface area contributed by atoms with Gasteiger partial charge in [0.05, 0.1) is 9.40 Å². The number of anilines is 1. The van der Waals surface area contributed by atoms with Crippen LogP contribution in [0.4, 0.5) is 11.4 Å². The van der Waals surface area contributed by atoms with Gasteiger partial charge in [-0.15, -0.1) is 0 Å². The molecule has 0 radical (unpaired) electrons. The van der Waals surface area contributed by atoms with Crippen molar-refractivity contribution >= 4 is 27.3 Å². The fraction of sp³-hybridized carbons (Fsp3) is 0.143. The van der Waals surface area contributed by atoms with Gasteiger partial charge in [0.1, 0.15) is 18.0 Å². The molecule has 0 spiro atoms. The van der Waals surface area contributed by atoms with E-state index in [2.05, 4.69) is 21.4 Å². The minimum Gasteiger partial charge on any atom is -0.488 e. The second-order valence-corrected chi connectivity index (χ2v) is 5.33. The van der Waals surface area contributed by atoms with Gasteiger partial charge in [-0.3, -0.25) is 16.0 Å². The fourth-order valence-corrected chi connectivity index (χ4v) is 2.43.